The molecule has 0 fully saturated rings. The molecule has 0 aliphatic rings. The van der Waals surface area contributed by atoms with Crippen LogP contribution in [-0.4, -0.2) is 49.8 Å². The third-order valence-electron chi connectivity index (χ3n) is 2.45. The molecule has 0 saturated carbocycles. The molecular weight excluding hydrogens is 282 g/mol. The lowest BCUT2D eigenvalue weighted by Gasteiger charge is -2.11. The van der Waals surface area contributed by atoms with Crippen LogP contribution in [0.4, 0.5) is 0 Å². The van der Waals surface area contributed by atoms with E-state index in [1.165, 1.54) is 4.90 Å². The van der Waals surface area contributed by atoms with E-state index in [-0.39, 0.29) is 24.9 Å². The minimum absolute atomic E-state index is 0.0946. The highest BCUT2D eigenvalue weighted by Gasteiger charge is 2.09. The summed E-state index contributed by atoms with van der Waals surface area (Å²) in [6.45, 7) is -0.287. The Kier molecular flexibility index (Phi) is 5.99. The molecule has 0 aromatic heterocycles. The standard InChI is InChI=1S/C13H16ClN3O3/c1-17(2)12(19)8-15-11(18)7-16-13(20)9-3-5-10(14)6-4-9/h3-6H,7-8H2,1-2H3,(H,15,18)(H,16,20). The minimum atomic E-state index is -0.428. The van der Waals surface area contributed by atoms with E-state index in [0.717, 1.165) is 0 Å². The van der Waals surface area contributed by atoms with Crippen LogP contribution in [0.5, 0.6) is 0 Å². The van der Waals surface area contributed by atoms with Gasteiger partial charge in [0.15, 0.2) is 0 Å². The maximum atomic E-state index is 11.7. The first-order valence-electron chi connectivity index (χ1n) is 5.90. The fraction of sp³-hybridized carbons (Fsp3) is 0.308. The van der Waals surface area contributed by atoms with E-state index >= 15 is 0 Å². The molecular formula is C13H16ClN3O3. The molecule has 1 aromatic rings. The maximum absolute atomic E-state index is 11.7. The smallest absolute Gasteiger partial charge is 0.251 e. The summed E-state index contributed by atoms with van der Waals surface area (Å²) < 4.78 is 0. The molecule has 0 aliphatic heterocycles. The molecule has 2 N–H and O–H groups in total. The van der Waals surface area contributed by atoms with Crippen LogP contribution in [0.2, 0.25) is 5.02 Å². The number of amides is 3. The molecule has 0 unspecified atom stereocenters. The van der Waals surface area contributed by atoms with Crippen molar-refractivity contribution in [2.45, 2.75) is 0 Å². The van der Waals surface area contributed by atoms with E-state index in [0.29, 0.717) is 10.6 Å². The molecule has 3 amide bonds. The average Bonchev–Trinajstić information content (AvgIpc) is 2.42. The van der Waals surface area contributed by atoms with Crippen molar-refractivity contribution in [1.82, 2.24) is 15.5 Å². The number of carbonyl (C=O) groups is 3. The van der Waals surface area contributed by atoms with Gasteiger partial charge < -0.3 is 15.5 Å². The molecule has 6 nitrogen and oxygen atoms in total. The Labute approximate surface area is 122 Å². The fourth-order valence-corrected chi connectivity index (χ4v) is 1.38. The number of carbonyl (C=O) groups excluding carboxylic acids is 3. The lowest BCUT2D eigenvalue weighted by molar-refractivity contribution is -0.130. The van der Waals surface area contributed by atoms with Gasteiger partial charge in [-0.05, 0) is 24.3 Å². The normalized spacial score (nSPS) is 9.75. The molecule has 0 spiro atoms. The molecule has 1 aromatic carbocycles. The van der Waals surface area contributed by atoms with Crippen molar-refractivity contribution in [3.63, 3.8) is 0 Å². The predicted molar refractivity (Wildman–Crippen MR) is 75.5 cm³/mol. The van der Waals surface area contributed by atoms with Gasteiger partial charge in [-0.25, -0.2) is 0 Å². The molecule has 0 saturated heterocycles. The van der Waals surface area contributed by atoms with Gasteiger partial charge in [0.05, 0.1) is 13.1 Å². The molecule has 108 valence electrons. The highest BCUT2D eigenvalue weighted by Crippen LogP contribution is 2.09. The Bertz CT molecular complexity index is 500. The molecule has 0 atom stereocenters. The number of benzene rings is 1. The summed E-state index contributed by atoms with van der Waals surface area (Å²) in [5.74, 6) is -1.03. The molecule has 0 radical (unpaired) electrons. The zero-order chi connectivity index (χ0) is 15.1. The van der Waals surface area contributed by atoms with E-state index in [4.69, 9.17) is 11.6 Å². The second-order valence-corrected chi connectivity index (χ2v) is 4.69. The summed E-state index contributed by atoms with van der Waals surface area (Å²) in [5.41, 5.74) is 0.409. The molecule has 20 heavy (non-hydrogen) atoms. The van der Waals surface area contributed by atoms with E-state index in [1.807, 2.05) is 0 Å². The zero-order valence-corrected chi connectivity index (χ0v) is 12.0. The summed E-state index contributed by atoms with van der Waals surface area (Å²) in [7, 11) is 3.19. The molecule has 0 heterocycles. The van der Waals surface area contributed by atoms with Gasteiger partial charge in [0.2, 0.25) is 11.8 Å². The summed E-state index contributed by atoms with van der Waals surface area (Å²) in [6.07, 6.45) is 0. The predicted octanol–water partition coefficient (Wildman–Crippen LogP) is 0.274. The number of nitrogens with one attached hydrogen (secondary N) is 2. The highest BCUT2D eigenvalue weighted by molar-refractivity contribution is 6.30. The van der Waals surface area contributed by atoms with Crippen molar-refractivity contribution in [1.29, 1.82) is 0 Å². The monoisotopic (exact) mass is 297 g/mol. The maximum Gasteiger partial charge on any atom is 0.251 e. The second kappa shape index (κ2) is 7.49. The van der Waals surface area contributed by atoms with Crippen molar-refractivity contribution in [3.8, 4) is 0 Å². The highest BCUT2D eigenvalue weighted by atomic mass is 35.5. The van der Waals surface area contributed by atoms with Gasteiger partial charge in [0.25, 0.3) is 5.91 Å². The van der Waals surface area contributed by atoms with Gasteiger partial charge >= 0.3 is 0 Å². The van der Waals surface area contributed by atoms with Gasteiger partial charge in [0, 0.05) is 24.7 Å². The van der Waals surface area contributed by atoms with E-state index in [9.17, 15) is 14.4 Å². The van der Waals surface area contributed by atoms with Crippen LogP contribution in [-0.2, 0) is 9.59 Å². The van der Waals surface area contributed by atoms with Crippen molar-refractivity contribution in [2.75, 3.05) is 27.2 Å². The largest absolute Gasteiger partial charge is 0.347 e. The van der Waals surface area contributed by atoms with E-state index < -0.39 is 5.91 Å². The van der Waals surface area contributed by atoms with Crippen LogP contribution in [0.15, 0.2) is 24.3 Å². The Hall–Kier alpha value is -2.08. The summed E-state index contributed by atoms with van der Waals surface area (Å²) in [4.78, 5) is 35.8. The minimum Gasteiger partial charge on any atom is -0.347 e. The zero-order valence-electron chi connectivity index (χ0n) is 11.3. The molecule has 0 bridgehead atoms. The quantitative estimate of drug-likeness (QED) is 0.819. The lowest BCUT2D eigenvalue weighted by atomic mass is 10.2. The van der Waals surface area contributed by atoms with E-state index in [2.05, 4.69) is 10.6 Å². The summed E-state index contributed by atoms with van der Waals surface area (Å²) in [6, 6.07) is 6.30. The fourth-order valence-electron chi connectivity index (χ4n) is 1.26. The van der Waals surface area contributed by atoms with Gasteiger partial charge in [-0.15, -0.1) is 0 Å². The van der Waals surface area contributed by atoms with Gasteiger partial charge in [-0.2, -0.15) is 0 Å². The third-order valence-corrected chi connectivity index (χ3v) is 2.70. The topological polar surface area (TPSA) is 78.5 Å². The van der Waals surface area contributed by atoms with E-state index in [1.54, 1.807) is 38.4 Å². The Morgan fingerprint density at radius 2 is 1.65 bits per heavy atom. The van der Waals surface area contributed by atoms with Crippen LogP contribution < -0.4 is 10.6 Å². The van der Waals surface area contributed by atoms with Gasteiger partial charge in [-0.3, -0.25) is 14.4 Å². The van der Waals surface area contributed by atoms with Crippen LogP contribution >= 0.6 is 11.6 Å². The summed E-state index contributed by atoms with van der Waals surface area (Å²) >= 11 is 5.71. The average molecular weight is 298 g/mol. The van der Waals surface area contributed by atoms with Gasteiger partial charge in [-0.1, -0.05) is 11.6 Å². The number of likely N-dealkylation sites (N-methyl/N-ethyl adjacent to an activating group) is 1. The van der Waals surface area contributed by atoms with Crippen molar-refractivity contribution >= 4 is 29.3 Å². The molecule has 7 heteroatoms. The van der Waals surface area contributed by atoms with Crippen LogP contribution in [0.25, 0.3) is 0 Å². The Balaban J connectivity index is 2.35. The second-order valence-electron chi connectivity index (χ2n) is 4.25. The Morgan fingerprint density at radius 3 is 2.20 bits per heavy atom. The van der Waals surface area contributed by atoms with Gasteiger partial charge in [0.1, 0.15) is 0 Å². The summed E-state index contributed by atoms with van der Waals surface area (Å²) in [5, 5.41) is 5.40. The van der Waals surface area contributed by atoms with Crippen molar-refractivity contribution in [2.24, 2.45) is 0 Å². The first-order chi connectivity index (χ1) is 9.40. The number of hydrogen-bond donors (Lipinski definition) is 2. The Morgan fingerprint density at radius 1 is 1.05 bits per heavy atom. The van der Waals surface area contributed by atoms with Crippen LogP contribution in [0, 0.1) is 0 Å². The number of nitrogens with zero attached hydrogens (tertiary/aromatic N) is 1. The lowest BCUT2D eigenvalue weighted by Crippen LogP contribution is -2.41. The van der Waals surface area contributed by atoms with Crippen LogP contribution in [0.1, 0.15) is 10.4 Å². The van der Waals surface area contributed by atoms with Crippen molar-refractivity contribution < 1.29 is 14.4 Å². The number of rotatable bonds is 5. The first-order valence-corrected chi connectivity index (χ1v) is 6.28. The first kappa shape index (κ1) is 16.0. The number of hydrogen-bond acceptors (Lipinski definition) is 3. The molecule has 0 aliphatic carbocycles. The van der Waals surface area contributed by atoms with Crippen molar-refractivity contribution in [3.05, 3.63) is 34.9 Å². The third kappa shape index (κ3) is 5.27. The molecule has 1 rings (SSSR count). The number of halogens is 1. The SMILES string of the molecule is CN(C)C(=O)CNC(=O)CNC(=O)c1ccc(Cl)cc1. The van der Waals surface area contributed by atoms with Crippen LogP contribution in [0.3, 0.4) is 0 Å².